The Morgan fingerprint density at radius 1 is 1.39 bits per heavy atom. The van der Waals surface area contributed by atoms with Gasteiger partial charge in [0.15, 0.2) is 0 Å². The van der Waals surface area contributed by atoms with E-state index >= 15 is 0 Å². The summed E-state index contributed by atoms with van der Waals surface area (Å²) in [5.41, 5.74) is -0.0475. The SMILES string of the molecule is CC1=CC[C@@H](NC(=O)NC(CO)(CO)CO)CC1. The van der Waals surface area contributed by atoms with Gasteiger partial charge in [-0.3, -0.25) is 0 Å². The summed E-state index contributed by atoms with van der Waals surface area (Å²) in [4.78, 5) is 11.7. The fourth-order valence-electron chi connectivity index (χ4n) is 1.83. The van der Waals surface area contributed by atoms with Crippen molar-refractivity contribution in [1.82, 2.24) is 10.6 Å². The molecule has 0 radical (unpaired) electrons. The number of carbonyl (C=O) groups excluding carboxylic acids is 1. The number of amides is 2. The number of urea groups is 1. The Morgan fingerprint density at radius 2 is 2.00 bits per heavy atom. The summed E-state index contributed by atoms with van der Waals surface area (Å²) in [7, 11) is 0. The smallest absolute Gasteiger partial charge is 0.315 e. The van der Waals surface area contributed by atoms with Gasteiger partial charge >= 0.3 is 6.03 Å². The molecule has 1 aliphatic rings. The monoisotopic (exact) mass is 258 g/mol. The molecule has 18 heavy (non-hydrogen) atoms. The molecule has 0 spiro atoms. The van der Waals surface area contributed by atoms with Crippen LogP contribution in [0.1, 0.15) is 26.2 Å². The molecule has 0 unspecified atom stereocenters. The van der Waals surface area contributed by atoms with Crippen LogP contribution in [0, 0.1) is 0 Å². The van der Waals surface area contributed by atoms with Gasteiger partial charge in [-0.25, -0.2) is 4.79 Å². The van der Waals surface area contributed by atoms with Gasteiger partial charge in [0.05, 0.1) is 19.8 Å². The van der Waals surface area contributed by atoms with Crippen LogP contribution in [0.25, 0.3) is 0 Å². The van der Waals surface area contributed by atoms with Gasteiger partial charge in [-0.2, -0.15) is 0 Å². The molecule has 5 N–H and O–H groups in total. The minimum Gasteiger partial charge on any atom is -0.394 e. The lowest BCUT2D eigenvalue weighted by atomic mass is 9.96. The standard InChI is InChI=1S/C12H22N2O4/c1-9-2-4-10(5-3-9)13-11(18)14-12(6-15,7-16)8-17/h2,10,15-17H,3-8H2,1H3,(H2,13,14,18)/t10-/m1/s1. The van der Waals surface area contributed by atoms with Gasteiger partial charge in [0.25, 0.3) is 0 Å². The molecule has 0 aromatic carbocycles. The van der Waals surface area contributed by atoms with Crippen molar-refractivity contribution in [1.29, 1.82) is 0 Å². The largest absolute Gasteiger partial charge is 0.394 e. The van der Waals surface area contributed by atoms with Crippen LogP contribution < -0.4 is 10.6 Å². The van der Waals surface area contributed by atoms with Crippen LogP contribution >= 0.6 is 0 Å². The summed E-state index contributed by atoms with van der Waals surface area (Å²) in [5, 5.41) is 32.5. The number of rotatable bonds is 5. The summed E-state index contributed by atoms with van der Waals surface area (Å²) in [6.07, 6.45) is 4.70. The molecule has 2 amide bonds. The van der Waals surface area contributed by atoms with Crippen molar-refractivity contribution in [2.75, 3.05) is 19.8 Å². The van der Waals surface area contributed by atoms with Crippen LogP contribution in [-0.2, 0) is 0 Å². The second-order valence-electron chi connectivity index (χ2n) is 4.87. The lowest BCUT2D eigenvalue weighted by Crippen LogP contribution is -2.60. The Morgan fingerprint density at radius 3 is 2.44 bits per heavy atom. The molecule has 0 saturated heterocycles. The third-order valence-corrected chi connectivity index (χ3v) is 3.26. The number of hydrogen-bond acceptors (Lipinski definition) is 4. The van der Waals surface area contributed by atoms with Crippen LogP contribution in [0.4, 0.5) is 4.79 Å². The minimum absolute atomic E-state index is 0.0579. The average molecular weight is 258 g/mol. The lowest BCUT2D eigenvalue weighted by Gasteiger charge is -2.30. The first-order valence-electron chi connectivity index (χ1n) is 6.12. The van der Waals surface area contributed by atoms with E-state index in [4.69, 9.17) is 15.3 Å². The van der Waals surface area contributed by atoms with E-state index in [2.05, 4.69) is 23.6 Å². The first kappa shape index (κ1) is 14.9. The van der Waals surface area contributed by atoms with Crippen molar-refractivity contribution < 1.29 is 20.1 Å². The zero-order valence-electron chi connectivity index (χ0n) is 10.6. The zero-order chi connectivity index (χ0) is 13.6. The van der Waals surface area contributed by atoms with E-state index in [9.17, 15) is 4.79 Å². The molecule has 1 rings (SSSR count). The molecule has 0 aromatic heterocycles. The quantitative estimate of drug-likeness (QED) is 0.429. The molecule has 1 atom stereocenters. The summed E-state index contributed by atoms with van der Waals surface area (Å²) in [6.45, 7) is 0.510. The highest BCUT2D eigenvalue weighted by molar-refractivity contribution is 5.75. The third kappa shape index (κ3) is 3.97. The Kier molecular flexibility index (Phi) is 5.58. The molecule has 0 heterocycles. The highest BCUT2D eigenvalue weighted by Crippen LogP contribution is 2.17. The summed E-state index contributed by atoms with van der Waals surface area (Å²) in [6, 6.07) is -0.424. The molecule has 0 aliphatic heterocycles. The van der Waals surface area contributed by atoms with E-state index in [-0.39, 0.29) is 6.04 Å². The van der Waals surface area contributed by atoms with E-state index in [1.807, 2.05) is 0 Å². The molecule has 6 heteroatoms. The fraction of sp³-hybridized carbons (Fsp3) is 0.750. The van der Waals surface area contributed by atoms with E-state index < -0.39 is 31.4 Å². The first-order chi connectivity index (χ1) is 8.55. The van der Waals surface area contributed by atoms with Crippen LogP contribution in [0.5, 0.6) is 0 Å². The Balaban J connectivity index is 2.46. The van der Waals surface area contributed by atoms with Gasteiger partial charge in [0.1, 0.15) is 5.54 Å². The fourth-order valence-corrected chi connectivity index (χ4v) is 1.83. The van der Waals surface area contributed by atoms with Crippen LogP contribution in [0.3, 0.4) is 0 Å². The van der Waals surface area contributed by atoms with E-state index in [0.29, 0.717) is 0 Å². The molecule has 0 bridgehead atoms. The number of carbonyl (C=O) groups is 1. The van der Waals surface area contributed by atoms with Crippen molar-refractivity contribution in [3.05, 3.63) is 11.6 Å². The Hall–Kier alpha value is -1.11. The highest BCUT2D eigenvalue weighted by Gasteiger charge is 2.30. The van der Waals surface area contributed by atoms with Gasteiger partial charge in [0.2, 0.25) is 0 Å². The molecule has 1 aliphatic carbocycles. The highest BCUT2D eigenvalue weighted by atomic mass is 16.3. The number of aliphatic hydroxyl groups is 3. The molecular formula is C12H22N2O4. The number of nitrogens with one attached hydrogen (secondary N) is 2. The second kappa shape index (κ2) is 6.72. The maximum Gasteiger partial charge on any atom is 0.315 e. The lowest BCUT2D eigenvalue weighted by molar-refractivity contribution is 0.0489. The summed E-state index contributed by atoms with van der Waals surface area (Å²) in [5.74, 6) is 0. The normalized spacial score (nSPS) is 20.2. The Labute approximate surface area is 107 Å². The van der Waals surface area contributed by atoms with Crippen LogP contribution in [0.2, 0.25) is 0 Å². The summed E-state index contributed by atoms with van der Waals surface area (Å²) >= 11 is 0. The predicted molar refractivity (Wildman–Crippen MR) is 67.1 cm³/mol. The average Bonchev–Trinajstić information content (AvgIpc) is 2.39. The van der Waals surface area contributed by atoms with Crippen molar-refractivity contribution >= 4 is 6.03 Å². The minimum atomic E-state index is -1.37. The van der Waals surface area contributed by atoms with E-state index in [1.165, 1.54) is 5.57 Å². The van der Waals surface area contributed by atoms with Crippen molar-refractivity contribution in [3.63, 3.8) is 0 Å². The Bertz CT molecular complexity index is 305. The van der Waals surface area contributed by atoms with Crippen molar-refractivity contribution in [2.45, 2.75) is 37.8 Å². The molecular weight excluding hydrogens is 236 g/mol. The first-order valence-corrected chi connectivity index (χ1v) is 6.12. The van der Waals surface area contributed by atoms with Crippen molar-refractivity contribution in [3.8, 4) is 0 Å². The number of allylic oxidation sites excluding steroid dienone is 1. The predicted octanol–water partition coefficient (Wildman–Crippen LogP) is -0.500. The summed E-state index contributed by atoms with van der Waals surface area (Å²) < 4.78 is 0. The van der Waals surface area contributed by atoms with Crippen LogP contribution in [-0.4, -0.2) is 52.8 Å². The molecule has 0 fully saturated rings. The van der Waals surface area contributed by atoms with E-state index in [0.717, 1.165) is 19.3 Å². The van der Waals surface area contributed by atoms with Gasteiger partial charge in [-0.15, -0.1) is 0 Å². The number of hydrogen-bond donors (Lipinski definition) is 5. The zero-order valence-corrected chi connectivity index (χ0v) is 10.6. The molecule has 104 valence electrons. The molecule has 6 nitrogen and oxygen atoms in total. The van der Waals surface area contributed by atoms with Crippen LogP contribution in [0.15, 0.2) is 11.6 Å². The molecule has 0 aromatic rings. The maximum absolute atomic E-state index is 11.7. The van der Waals surface area contributed by atoms with Gasteiger partial charge < -0.3 is 26.0 Å². The number of aliphatic hydroxyl groups excluding tert-OH is 3. The maximum atomic E-state index is 11.7. The van der Waals surface area contributed by atoms with Gasteiger partial charge in [0, 0.05) is 6.04 Å². The van der Waals surface area contributed by atoms with Gasteiger partial charge in [-0.05, 0) is 26.2 Å². The topological polar surface area (TPSA) is 102 Å². The van der Waals surface area contributed by atoms with E-state index in [1.54, 1.807) is 0 Å². The second-order valence-corrected chi connectivity index (χ2v) is 4.87. The van der Waals surface area contributed by atoms with Gasteiger partial charge in [-0.1, -0.05) is 11.6 Å². The molecule has 0 saturated carbocycles. The third-order valence-electron chi connectivity index (χ3n) is 3.26. The van der Waals surface area contributed by atoms with Crippen molar-refractivity contribution in [2.24, 2.45) is 0 Å².